The Morgan fingerprint density at radius 1 is 1.33 bits per heavy atom. The number of hydrogen-bond donors (Lipinski definition) is 0. The summed E-state index contributed by atoms with van der Waals surface area (Å²) in [6.45, 7) is 2.80. The number of nitrogens with zero attached hydrogens (tertiary/aromatic N) is 2. The predicted octanol–water partition coefficient (Wildman–Crippen LogP) is 2.65. The van der Waals surface area contributed by atoms with E-state index in [0.717, 1.165) is 29.4 Å². The summed E-state index contributed by atoms with van der Waals surface area (Å²) in [6.07, 6.45) is 1.57. The molecule has 0 N–H and O–H groups in total. The Labute approximate surface area is 128 Å². The molecule has 0 saturated heterocycles. The number of thioether (sulfide) groups is 1. The molecular formula is C16H18N2O2S. The van der Waals surface area contributed by atoms with Gasteiger partial charge in [0.1, 0.15) is 0 Å². The molecule has 0 spiro atoms. The summed E-state index contributed by atoms with van der Waals surface area (Å²) in [6, 6.07) is 8.21. The van der Waals surface area contributed by atoms with Crippen LogP contribution in [0.2, 0.25) is 0 Å². The summed E-state index contributed by atoms with van der Waals surface area (Å²) < 4.78 is 7.13. The van der Waals surface area contributed by atoms with E-state index in [2.05, 4.69) is 24.0 Å². The first-order valence-corrected chi connectivity index (χ1v) is 8.03. The van der Waals surface area contributed by atoms with Crippen molar-refractivity contribution in [1.29, 1.82) is 0 Å². The minimum absolute atomic E-state index is 0.0321. The van der Waals surface area contributed by atoms with Gasteiger partial charge < -0.3 is 4.74 Å². The van der Waals surface area contributed by atoms with E-state index in [0.29, 0.717) is 17.9 Å². The van der Waals surface area contributed by atoms with Gasteiger partial charge in [-0.1, -0.05) is 41.6 Å². The van der Waals surface area contributed by atoms with E-state index in [-0.39, 0.29) is 5.56 Å². The van der Waals surface area contributed by atoms with Gasteiger partial charge in [-0.3, -0.25) is 9.36 Å². The maximum Gasteiger partial charge on any atom is 0.261 e. The van der Waals surface area contributed by atoms with Crippen molar-refractivity contribution >= 4 is 11.8 Å². The number of methoxy groups -OCH3 is 1. The number of rotatable bonds is 3. The Hall–Kier alpha value is -1.75. The fraction of sp³-hybridized carbons (Fsp3) is 0.375. The molecule has 0 fully saturated rings. The lowest BCUT2D eigenvalue weighted by Crippen LogP contribution is -2.29. The van der Waals surface area contributed by atoms with Crippen molar-refractivity contribution in [2.45, 2.75) is 31.5 Å². The van der Waals surface area contributed by atoms with Crippen LogP contribution in [0.3, 0.4) is 0 Å². The third-order valence-electron chi connectivity index (χ3n) is 3.64. The number of benzene rings is 1. The van der Waals surface area contributed by atoms with E-state index in [1.54, 1.807) is 23.4 Å². The molecule has 5 heteroatoms. The van der Waals surface area contributed by atoms with Gasteiger partial charge in [-0.15, -0.1) is 0 Å². The van der Waals surface area contributed by atoms with Crippen molar-refractivity contribution in [3.63, 3.8) is 0 Å². The Bertz CT molecular complexity index is 707. The second-order valence-corrected chi connectivity index (χ2v) is 6.27. The number of fused-ring (bicyclic) bond motifs is 1. The number of hydrogen-bond acceptors (Lipinski definition) is 4. The van der Waals surface area contributed by atoms with Gasteiger partial charge >= 0.3 is 0 Å². The van der Waals surface area contributed by atoms with Crippen LogP contribution >= 0.6 is 11.8 Å². The lowest BCUT2D eigenvalue weighted by Gasteiger charge is -2.19. The predicted molar refractivity (Wildman–Crippen MR) is 84.4 cm³/mol. The van der Waals surface area contributed by atoms with Crippen molar-refractivity contribution < 1.29 is 4.74 Å². The summed E-state index contributed by atoms with van der Waals surface area (Å²) in [5.41, 5.74) is 2.99. The molecule has 0 unspecified atom stereocenters. The van der Waals surface area contributed by atoms with Crippen LogP contribution < -0.4 is 10.3 Å². The number of aromatic nitrogens is 2. The van der Waals surface area contributed by atoms with Crippen molar-refractivity contribution in [3.05, 3.63) is 51.3 Å². The van der Waals surface area contributed by atoms with Gasteiger partial charge in [0.25, 0.3) is 5.56 Å². The van der Waals surface area contributed by atoms with E-state index < -0.39 is 0 Å². The van der Waals surface area contributed by atoms with E-state index in [1.807, 2.05) is 12.1 Å². The average molecular weight is 302 g/mol. The zero-order valence-corrected chi connectivity index (χ0v) is 13.1. The van der Waals surface area contributed by atoms with Gasteiger partial charge in [0.2, 0.25) is 5.88 Å². The van der Waals surface area contributed by atoms with Gasteiger partial charge in [0.05, 0.1) is 12.7 Å². The third kappa shape index (κ3) is 2.83. The van der Waals surface area contributed by atoms with Crippen LogP contribution in [0.1, 0.15) is 23.1 Å². The molecule has 3 rings (SSSR count). The Kier molecular flexibility index (Phi) is 4.01. The van der Waals surface area contributed by atoms with Crippen LogP contribution in [0.4, 0.5) is 0 Å². The lowest BCUT2D eigenvalue weighted by atomic mass is 10.1. The summed E-state index contributed by atoms with van der Waals surface area (Å²) in [7, 11) is 1.57. The Balaban J connectivity index is 2.04. The molecule has 21 heavy (non-hydrogen) atoms. The lowest BCUT2D eigenvalue weighted by molar-refractivity contribution is 0.377. The maximum atomic E-state index is 12.7. The van der Waals surface area contributed by atoms with Crippen molar-refractivity contribution in [2.24, 2.45) is 0 Å². The van der Waals surface area contributed by atoms with Crippen LogP contribution in [-0.2, 0) is 13.0 Å². The largest absolute Gasteiger partial charge is 0.481 e. The Morgan fingerprint density at radius 2 is 2.10 bits per heavy atom. The molecule has 1 aromatic heterocycles. The second kappa shape index (κ2) is 5.93. The molecule has 0 saturated carbocycles. The zero-order chi connectivity index (χ0) is 14.8. The molecule has 2 heterocycles. The first-order chi connectivity index (χ1) is 10.2. The van der Waals surface area contributed by atoms with Crippen LogP contribution in [0.15, 0.2) is 34.2 Å². The molecular weight excluding hydrogens is 284 g/mol. The second-order valence-electron chi connectivity index (χ2n) is 5.20. The zero-order valence-electron chi connectivity index (χ0n) is 12.3. The molecule has 0 radical (unpaired) electrons. The summed E-state index contributed by atoms with van der Waals surface area (Å²) in [4.78, 5) is 17.2. The third-order valence-corrected chi connectivity index (χ3v) is 4.70. The van der Waals surface area contributed by atoms with Crippen LogP contribution in [-0.4, -0.2) is 22.4 Å². The maximum absolute atomic E-state index is 12.7. The highest BCUT2D eigenvalue weighted by Crippen LogP contribution is 2.25. The van der Waals surface area contributed by atoms with E-state index >= 15 is 0 Å². The van der Waals surface area contributed by atoms with E-state index in [1.165, 1.54) is 5.56 Å². The number of ether oxygens (including phenoxy) is 1. The normalized spacial score (nSPS) is 13.8. The van der Waals surface area contributed by atoms with Gasteiger partial charge in [0.15, 0.2) is 5.16 Å². The number of aryl methyl sites for hydroxylation is 1. The molecule has 0 atom stereocenters. The minimum atomic E-state index is 0.0321. The standard InChI is InChI=1S/C16H18N2O2S/c1-11-4-6-12(7-5-11)10-13-14(20-2)17-16-18(15(13)19)8-3-9-21-16/h4-7H,3,8-10H2,1-2H3. The summed E-state index contributed by atoms with van der Waals surface area (Å²) in [5.74, 6) is 1.47. The highest BCUT2D eigenvalue weighted by atomic mass is 32.2. The molecule has 0 amide bonds. The molecule has 0 aliphatic carbocycles. The van der Waals surface area contributed by atoms with Crippen LogP contribution in [0.5, 0.6) is 5.88 Å². The van der Waals surface area contributed by atoms with Crippen molar-refractivity contribution in [1.82, 2.24) is 9.55 Å². The van der Waals surface area contributed by atoms with Crippen LogP contribution in [0, 0.1) is 6.92 Å². The fourth-order valence-electron chi connectivity index (χ4n) is 2.48. The quantitative estimate of drug-likeness (QED) is 0.818. The Morgan fingerprint density at radius 3 is 2.81 bits per heavy atom. The molecule has 110 valence electrons. The highest BCUT2D eigenvalue weighted by Gasteiger charge is 2.20. The smallest absolute Gasteiger partial charge is 0.261 e. The molecule has 1 aliphatic rings. The average Bonchev–Trinajstić information content (AvgIpc) is 2.52. The first-order valence-electron chi connectivity index (χ1n) is 7.05. The van der Waals surface area contributed by atoms with Gasteiger partial charge in [-0.25, -0.2) is 0 Å². The topological polar surface area (TPSA) is 44.1 Å². The van der Waals surface area contributed by atoms with E-state index in [9.17, 15) is 4.79 Å². The van der Waals surface area contributed by atoms with Crippen LogP contribution in [0.25, 0.3) is 0 Å². The molecule has 2 aromatic rings. The highest BCUT2D eigenvalue weighted by molar-refractivity contribution is 7.99. The molecule has 1 aromatic carbocycles. The monoisotopic (exact) mass is 302 g/mol. The molecule has 1 aliphatic heterocycles. The van der Waals surface area contributed by atoms with Crippen molar-refractivity contribution in [3.8, 4) is 5.88 Å². The SMILES string of the molecule is COc1nc2n(c(=O)c1Cc1ccc(C)cc1)CCCS2. The van der Waals surface area contributed by atoms with E-state index in [4.69, 9.17) is 4.74 Å². The van der Waals surface area contributed by atoms with Crippen molar-refractivity contribution in [2.75, 3.05) is 12.9 Å². The minimum Gasteiger partial charge on any atom is -0.481 e. The molecule has 0 bridgehead atoms. The molecule has 4 nitrogen and oxygen atoms in total. The van der Waals surface area contributed by atoms with Gasteiger partial charge in [-0.2, -0.15) is 4.98 Å². The fourth-order valence-corrected chi connectivity index (χ4v) is 3.41. The van der Waals surface area contributed by atoms with Gasteiger partial charge in [-0.05, 0) is 18.9 Å². The first kappa shape index (κ1) is 14.2. The van der Waals surface area contributed by atoms with Gasteiger partial charge in [0, 0.05) is 18.7 Å². The summed E-state index contributed by atoms with van der Waals surface area (Å²) in [5, 5.41) is 0.774. The summed E-state index contributed by atoms with van der Waals surface area (Å²) >= 11 is 1.62.